The van der Waals surface area contributed by atoms with Gasteiger partial charge in [-0.15, -0.1) is 0 Å². The third kappa shape index (κ3) is 5.55. The average Bonchev–Trinajstić information content (AvgIpc) is 2.74. The Bertz CT molecular complexity index is 944. The highest BCUT2D eigenvalue weighted by atomic mass is 35.5. The number of benzene rings is 2. The van der Waals surface area contributed by atoms with Gasteiger partial charge in [-0.2, -0.15) is 0 Å². The molecule has 2 aromatic carbocycles. The molecule has 1 N–H and O–H groups in total. The summed E-state index contributed by atoms with van der Waals surface area (Å²) in [6.07, 6.45) is 0. The van der Waals surface area contributed by atoms with Crippen LogP contribution in [0.25, 0.3) is 0 Å². The molecule has 9 heteroatoms. The van der Waals surface area contributed by atoms with Gasteiger partial charge in [0.15, 0.2) is 0 Å². The highest BCUT2D eigenvalue weighted by Gasteiger charge is 2.25. The molecular weight excluding hydrogens is 416 g/mol. The minimum atomic E-state index is -3.75. The van der Waals surface area contributed by atoms with Gasteiger partial charge in [-0.3, -0.25) is 4.90 Å². The van der Waals surface area contributed by atoms with E-state index in [9.17, 15) is 13.2 Å². The van der Waals surface area contributed by atoms with E-state index in [-0.39, 0.29) is 23.0 Å². The number of hydrogen-bond acceptors (Lipinski definition) is 6. The largest absolute Gasteiger partial charge is 0.465 e. The quantitative estimate of drug-likeness (QED) is 0.668. The fraction of sp³-hybridized carbons (Fsp3) is 0.350. The molecule has 0 amide bonds. The molecule has 0 spiro atoms. The lowest BCUT2D eigenvalue weighted by molar-refractivity contribution is 0.0172. The first-order valence-corrected chi connectivity index (χ1v) is 11.0. The predicted octanol–water partition coefficient (Wildman–Crippen LogP) is 2.48. The van der Waals surface area contributed by atoms with Gasteiger partial charge in [0, 0.05) is 30.7 Å². The van der Waals surface area contributed by atoms with Crippen LogP contribution in [0.1, 0.15) is 22.0 Å². The van der Waals surface area contributed by atoms with E-state index < -0.39 is 16.0 Å². The first-order valence-electron chi connectivity index (χ1n) is 9.16. The van der Waals surface area contributed by atoms with Crippen molar-refractivity contribution in [3.63, 3.8) is 0 Å². The zero-order valence-corrected chi connectivity index (χ0v) is 17.6. The molecule has 1 atom stereocenters. The first kappa shape index (κ1) is 21.7. The van der Waals surface area contributed by atoms with E-state index in [1.165, 1.54) is 31.4 Å². The van der Waals surface area contributed by atoms with Gasteiger partial charge in [0.1, 0.15) is 0 Å². The van der Waals surface area contributed by atoms with E-state index in [1.54, 1.807) is 6.07 Å². The van der Waals surface area contributed by atoms with Crippen LogP contribution >= 0.6 is 11.6 Å². The number of nitrogens with zero attached hydrogens (tertiary/aromatic N) is 1. The summed E-state index contributed by atoms with van der Waals surface area (Å²) in [7, 11) is -2.48. The van der Waals surface area contributed by atoms with Crippen molar-refractivity contribution in [2.45, 2.75) is 10.9 Å². The molecule has 2 aromatic rings. The third-order valence-corrected chi connectivity index (χ3v) is 6.45. The standard InChI is InChI=1S/C20H23ClN2O5S/c1-27-20(24)15-5-7-18(8-6-15)29(25,26)22-14-19(23-9-11-28-12-10-23)16-3-2-4-17(21)13-16/h2-8,13,19,22H,9-12,14H2,1H3. The SMILES string of the molecule is COC(=O)c1ccc(S(=O)(=O)NCC(c2cccc(Cl)c2)N2CCOCC2)cc1. The number of carbonyl (C=O) groups is 1. The molecule has 1 fully saturated rings. The molecule has 3 rings (SSSR count). The van der Waals surface area contributed by atoms with Gasteiger partial charge >= 0.3 is 5.97 Å². The van der Waals surface area contributed by atoms with Crippen LogP contribution in [-0.2, 0) is 19.5 Å². The molecule has 1 heterocycles. The normalized spacial score (nSPS) is 16.3. The number of ether oxygens (including phenoxy) is 2. The second-order valence-corrected chi connectivity index (χ2v) is 8.79. The van der Waals surface area contributed by atoms with Crippen molar-refractivity contribution < 1.29 is 22.7 Å². The number of nitrogens with one attached hydrogen (secondary N) is 1. The van der Waals surface area contributed by atoms with Crippen LogP contribution in [0.3, 0.4) is 0 Å². The van der Waals surface area contributed by atoms with Gasteiger partial charge in [0.2, 0.25) is 10.0 Å². The van der Waals surface area contributed by atoms with E-state index in [0.29, 0.717) is 31.3 Å². The van der Waals surface area contributed by atoms with Crippen LogP contribution in [-0.4, -0.2) is 59.2 Å². The highest BCUT2D eigenvalue weighted by Crippen LogP contribution is 2.24. The highest BCUT2D eigenvalue weighted by molar-refractivity contribution is 7.89. The van der Waals surface area contributed by atoms with Crippen molar-refractivity contribution in [3.8, 4) is 0 Å². The van der Waals surface area contributed by atoms with E-state index in [4.69, 9.17) is 16.3 Å². The zero-order valence-electron chi connectivity index (χ0n) is 16.0. The Morgan fingerprint density at radius 3 is 2.52 bits per heavy atom. The summed E-state index contributed by atoms with van der Waals surface area (Å²) in [6, 6.07) is 12.9. The fourth-order valence-electron chi connectivity index (χ4n) is 3.22. The number of methoxy groups -OCH3 is 1. The van der Waals surface area contributed by atoms with Crippen molar-refractivity contribution in [3.05, 3.63) is 64.7 Å². The molecule has 0 aliphatic carbocycles. The fourth-order valence-corrected chi connectivity index (χ4v) is 4.46. The van der Waals surface area contributed by atoms with Crippen molar-refractivity contribution >= 4 is 27.6 Å². The monoisotopic (exact) mass is 438 g/mol. The summed E-state index contributed by atoms with van der Waals surface area (Å²) in [5.74, 6) is -0.518. The van der Waals surface area contributed by atoms with Gasteiger partial charge in [-0.25, -0.2) is 17.9 Å². The number of esters is 1. The summed E-state index contributed by atoms with van der Waals surface area (Å²) in [4.78, 5) is 13.8. The van der Waals surface area contributed by atoms with E-state index in [2.05, 4.69) is 14.4 Å². The second kappa shape index (κ2) is 9.69. The molecule has 1 unspecified atom stereocenters. The molecular formula is C20H23ClN2O5S. The molecule has 0 aromatic heterocycles. The molecule has 7 nitrogen and oxygen atoms in total. The number of halogens is 1. The van der Waals surface area contributed by atoms with Gasteiger partial charge in [0.05, 0.1) is 30.8 Å². The maximum absolute atomic E-state index is 12.8. The Balaban J connectivity index is 1.77. The molecule has 156 valence electrons. The van der Waals surface area contributed by atoms with Crippen LogP contribution in [0.15, 0.2) is 53.4 Å². The van der Waals surface area contributed by atoms with E-state index in [1.807, 2.05) is 18.2 Å². The Morgan fingerprint density at radius 2 is 1.90 bits per heavy atom. The lowest BCUT2D eigenvalue weighted by atomic mass is 10.1. The Hall–Kier alpha value is -1.97. The molecule has 0 saturated carbocycles. The maximum atomic E-state index is 12.8. The topological polar surface area (TPSA) is 84.9 Å². The van der Waals surface area contributed by atoms with Crippen molar-refractivity contribution in [1.29, 1.82) is 0 Å². The second-order valence-electron chi connectivity index (χ2n) is 6.59. The number of sulfonamides is 1. The van der Waals surface area contributed by atoms with Gasteiger partial charge in [-0.1, -0.05) is 23.7 Å². The van der Waals surface area contributed by atoms with E-state index >= 15 is 0 Å². The van der Waals surface area contributed by atoms with Crippen LogP contribution in [0.2, 0.25) is 5.02 Å². The molecule has 1 aliphatic heterocycles. The maximum Gasteiger partial charge on any atom is 0.337 e. The molecule has 1 aliphatic rings. The van der Waals surface area contributed by atoms with Gasteiger partial charge in [0.25, 0.3) is 0 Å². The molecule has 1 saturated heterocycles. The third-order valence-electron chi connectivity index (χ3n) is 4.77. The van der Waals surface area contributed by atoms with Crippen LogP contribution in [0.5, 0.6) is 0 Å². The average molecular weight is 439 g/mol. The summed E-state index contributed by atoms with van der Waals surface area (Å²) >= 11 is 6.15. The minimum absolute atomic E-state index is 0.0805. The lowest BCUT2D eigenvalue weighted by Gasteiger charge is -2.35. The predicted molar refractivity (Wildman–Crippen MR) is 110 cm³/mol. The zero-order chi connectivity index (χ0) is 20.9. The Labute approximate surface area is 175 Å². The smallest absolute Gasteiger partial charge is 0.337 e. The molecule has 0 radical (unpaired) electrons. The van der Waals surface area contributed by atoms with Crippen LogP contribution in [0, 0.1) is 0 Å². The Morgan fingerprint density at radius 1 is 1.21 bits per heavy atom. The number of rotatable bonds is 7. The van der Waals surface area contributed by atoms with Crippen molar-refractivity contribution in [1.82, 2.24) is 9.62 Å². The minimum Gasteiger partial charge on any atom is -0.465 e. The van der Waals surface area contributed by atoms with Gasteiger partial charge in [-0.05, 0) is 42.0 Å². The molecule has 29 heavy (non-hydrogen) atoms. The lowest BCUT2D eigenvalue weighted by Crippen LogP contribution is -2.43. The van der Waals surface area contributed by atoms with Crippen molar-refractivity contribution in [2.24, 2.45) is 0 Å². The van der Waals surface area contributed by atoms with Crippen molar-refractivity contribution in [2.75, 3.05) is 40.0 Å². The number of morpholine rings is 1. The van der Waals surface area contributed by atoms with Gasteiger partial charge < -0.3 is 9.47 Å². The summed E-state index contributed by atoms with van der Waals surface area (Å²) in [5, 5.41) is 0.599. The van der Waals surface area contributed by atoms with E-state index in [0.717, 1.165) is 5.56 Å². The Kier molecular flexibility index (Phi) is 7.26. The number of hydrogen-bond donors (Lipinski definition) is 1. The first-order chi connectivity index (χ1) is 13.9. The summed E-state index contributed by atoms with van der Waals surface area (Å²) in [6.45, 7) is 2.78. The summed E-state index contributed by atoms with van der Waals surface area (Å²) < 4.78 is 38.3. The molecule has 0 bridgehead atoms. The van der Waals surface area contributed by atoms with Crippen LogP contribution < -0.4 is 4.72 Å². The van der Waals surface area contributed by atoms with Crippen LogP contribution in [0.4, 0.5) is 0 Å². The number of carbonyl (C=O) groups excluding carboxylic acids is 1. The summed E-state index contributed by atoms with van der Waals surface area (Å²) in [5.41, 5.74) is 1.22.